The van der Waals surface area contributed by atoms with Crippen LogP contribution in [0.4, 0.5) is 0 Å². The molecule has 3 aromatic rings. The van der Waals surface area contributed by atoms with Gasteiger partial charge in [-0.25, -0.2) is 4.98 Å². The van der Waals surface area contributed by atoms with Crippen LogP contribution in [0.3, 0.4) is 0 Å². The lowest BCUT2D eigenvalue weighted by molar-refractivity contribution is -0.136. The molecule has 1 N–H and O–H groups in total. The van der Waals surface area contributed by atoms with E-state index in [0.717, 1.165) is 27.4 Å². The molecule has 0 aliphatic rings. The molecule has 0 aliphatic heterocycles. The van der Waals surface area contributed by atoms with Gasteiger partial charge in [0.15, 0.2) is 0 Å². The second-order valence-corrected chi connectivity index (χ2v) is 4.28. The number of para-hydroxylation sites is 1. The van der Waals surface area contributed by atoms with E-state index in [1.54, 1.807) is 0 Å². The third-order valence-corrected chi connectivity index (χ3v) is 2.94. The van der Waals surface area contributed by atoms with Crippen LogP contribution in [0.15, 0.2) is 48.5 Å². The van der Waals surface area contributed by atoms with Crippen LogP contribution in [0, 0.1) is 0 Å². The monoisotopic (exact) mass is 237 g/mol. The number of hydrogen-bond donors (Lipinski definition) is 1. The van der Waals surface area contributed by atoms with Crippen molar-refractivity contribution in [3.63, 3.8) is 0 Å². The second-order valence-electron chi connectivity index (χ2n) is 4.28. The van der Waals surface area contributed by atoms with Gasteiger partial charge in [0.25, 0.3) is 0 Å². The minimum Gasteiger partial charge on any atom is -0.481 e. The van der Waals surface area contributed by atoms with E-state index in [2.05, 4.69) is 11.1 Å². The number of fused-ring (bicyclic) bond motifs is 2. The Bertz CT molecular complexity index is 750. The highest BCUT2D eigenvalue weighted by atomic mass is 16.4. The van der Waals surface area contributed by atoms with Crippen LogP contribution in [0.5, 0.6) is 0 Å². The predicted octanol–water partition coefficient (Wildman–Crippen LogP) is 3.02. The first kappa shape index (κ1) is 10.7. The Balaban J connectivity index is 2.20. The first-order valence-corrected chi connectivity index (χ1v) is 5.72. The molecule has 88 valence electrons. The van der Waals surface area contributed by atoms with E-state index >= 15 is 0 Å². The largest absolute Gasteiger partial charge is 0.481 e. The summed E-state index contributed by atoms with van der Waals surface area (Å²) in [7, 11) is 0. The van der Waals surface area contributed by atoms with Crippen LogP contribution >= 0.6 is 0 Å². The number of hydrogen-bond acceptors (Lipinski definition) is 2. The number of nitrogens with zero attached hydrogens (tertiary/aromatic N) is 1. The Hall–Kier alpha value is -2.42. The highest BCUT2D eigenvalue weighted by Crippen LogP contribution is 2.20. The van der Waals surface area contributed by atoms with E-state index in [0.29, 0.717) is 0 Å². The van der Waals surface area contributed by atoms with Gasteiger partial charge in [0.2, 0.25) is 0 Å². The number of benzene rings is 2. The highest BCUT2D eigenvalue weighted by molar-refractivity contribution is 5.93. The molecule has 0 saturated heterocycles. The molecular formula is C15H11NO2. The summed E-state index contributed by atoms with van der Waals surface area (Å²) in [5.74, 6) is -0.824. The summed E-state index contributed by atoms with van der Waals surface area (Å²) in [5.41, 5.74) is 2.54. The average Bonchev–Trinajstić information content (AvgIpc) is 2.35. The molecule has 0 aliphatic carbocycles. The molecule has 18 heavy (non-hydrogen) atoms. The number of rotatable bonds is 2. The topological polar surface area (TPSA) is 50.2 Å². The van der Waals surface area contributed by atoms with Crippen molar-refractivity contribution in [1.29, 1.82) is 0 Å². The number of pyridine rings is 1. The molecule has 2 aromatic carbocycles. The third-order valence-electron chi connectivity index (χ3n) is 2.94. The van der Waals surface area contributed by atoms with Crippen LogP contribution in [0.1, 0.15) is 5.56 Å². The molecule has 3 heteroatoms. The van der Waals surface area contributed by atoms with Crippen LogP contribution in [-0.4, -0.2) is 16.1 Å². The number of aliphatic carboxylic acids is 1. The molecule has 0 radical (unpaired) electrons. The zero-order chi connectivity index (χ0) is 12.5. The molecule has 0 bridgehead atoms. The van der Waals surface area contributed by atoms with Crippen molar-refractivity contribution in [2.75, 3.05) is 0 Å². The summed E-state index contributed by atoms with van der Waals surface area (Å²) in [6.45, 7) is 0. The first-order valence-electron chi connectivity index (χ1n) is 5.72. The standard InChI is InChI=1S/C15H11NO2/c17-15(18)8-10-5-6-12-9-11-3-1-2-4-13(11)16-14(12)7-10/h1-7,9H,8H2,(H,17,18). The number of carboxylic acids is 1. The van der Waals surface area contributed by atoms with Crippen molar-refractivity contribution in [3.05, 3.63) is 54.1 Å². The maximum absolute atomic E-state index is 10.7. The van der Waals surface area contributed by atoms with E-state index in [9.17, 15) is 4.79 Å². The van der Waals surface area contributed by atoms with Gasteiger partial charge in [0, 0.05) is 10.8 Å². The Morgan fingerprint density at radius 2 is 1.78 bits per heavy atom. The Kier molecular flexibility index (Phi) is 2.45. The van der Waals surface area contributed by atoms with Gasteiger partial charge in [0.1, 0.15) is 0 Å². The van der Waals surface area contributed by atoms with Gasteiger partial charge < -0.3 is 5.11 Å². The molecule has 1 heterocycles. The lowest BCUT2D eigenvalue weighted by atomic mass is 10.1. The molecular weight excluding hydrogens is 226 g/mol. The Morgan fingerprint density at radius 3 is 2.61 bits per heavy atom. The summed E-state index contributed by atoms with van der Waals surface area (Å²) in [6.07, 6.45) is 0.0322. The summed E-state index contributed by atoms with van der Waals surface area (Å²) in [6, 6.07) is 15.6. The van der Waals surface area contributed by atoms with Crippen molar-refractivity contribution in [2.24, 2.45) is 0 Å². The SMILES string of the molecule is O=C(O)Cc1ccc2cc3ccccc3nc2c1. The fourth-order valence-electron chi connectivity index (χ4n) is 2.10. The van der Waals surface area contributed by atoms with Gasteiger partial charge in [-0.3, -0.25) is 4.79 Å². The van der Waals surface area contributed by atoms with Crippen molar-refractivity contribution >= 4 is 27.8 Å². The van der Waals surface area contributed by atoms with Crippen molar-refractivity contribution in [1.82, 2.24) is 4.98 Å². The molecule has 0 amide bonds. The van der Waals surface area contributed by atoms with Crippen LogP contribution in [0.2, 0.25) is 0 Å². The molecule has 3 rings (SSSR count). The van der Waals surface area contributed by atoms with Gasteiger partial charge >= 0.3 is 5.97 Å². The quantitative estimate of drug-likeness (QED) is 0.697. The maximum Gasteiger partial charge on any atom is 0.307 e. The predicted molar refractivity (Wildman–Crippen MR) is 70.6 cm³/mol. The third kappa shape index (κ3) is 1.91. The Morgan fingerprint density at radius 1 is 1.00 bits per heavy atom. The zero-order valence-electron chi connectivity index (χ0n) is 9.63. The van der Waals surface area contributed by atoms with E-state index < -0.39 is 5.97 Å². The van der Waals surface area contributed by atoms with Gasteiger partial charge in [-0.2, -0.15) is 0 Å². The van der Waals surface area contributed by atoms with Crippen LogP contribution in [-0.2, 0) is 11.2 Å². The van der Waals surface area contributed by atoms with E-state index in [4.69, 9.17) is 5.11 Å². The Labute approximate surface area is 104 Å². The van der Waals surface area contributed by atoms with E-state index in [-0.39, 0.29) is 6.42 Å². The first-order chi connectivity index (χ1) is 8.72. The summed E-state index contributed by atoms with van der Waals surface area (Å²) in [5, 5.41) is 10.9. The molecule has 0 atom stereocenters. The average molecular weight is 237 g/mol. The van der Waals surface area contributed by atoms with E-state index in [1.807, 2.05) is 42.5 Å². The lowest BCUT2D eigenvalue weighted by Crippen LogP contribution is -1.99. The molecule has 0 saturated carbocycles. The van der Waals surface area contributed by atoms with Crippen LogP contribution < -0.4 is 0 Å². The molecule has 0 fully saturated rings. The second kappa shape index (κ2) is 4.11. The van der Waals surface area contributed by atoms with Crippen molar-refractivity contribution < 1.29 is 9.90 Å². The smallest absolute Gasteiger partial charge is 0.307 e. The fourth-order valence-corrected chi connectivity index (χ4v) is 2.10. The summed E-state index contributed by atoms with van der Waals surface area (Å²) < 4.78 is 0. The molecule has 0 unspecified atom stereocenters. The highest BCUT2D eigenvalue weighted by Gasteiger charge is 2.03. The lowest BCUT2D eigenvalue weighted by Gasteiger charge is -2.03. The minimum atomic E-state index is -0.824. The van der Waals surface area contributed by atoms with Crippen molar-refractivity contribution in [3.8, 4) is 0 Å². The molecule has 0 spiro atoms. The van der Waals surface area contributed by atoms with Crippen LogP contribution in [0.25, 0.3) is 21.8 Å². The normalized spacial score (nSPS) is 10.9. The van der Waals surface area contributed by atoms with Gasteiger partial charge in [-0.1, -0.05) is 30.3 Å². The van der Waals surface area contributed by atoms with Crippen molar-refractivity contribution in [2.45, 2.75) is 6.42 Å². The maximum atomic E-state index is 10.7. The number of carboxylic acid groups (broad SMARTS) is 1. The minimum absolute atomic E-state index is 0.0322. The molecule has 3 nitrogen and oxygen atoms in total. The molecule has 1 aromatic heterocycles. The fraction of sp³-hybridized carbons (Fsp3) is 0.0667. The summed E-state index contributed by atoms with van der Waals surface area (Å²) in [4.78, 5) is 15.2. The number of carbonyl (C=O) groups is 1. The zero-order valence-corrected chi connectivity index (χ0v) is 9.63. The van der Waals surface area contributed by atoms with Gasteiger partial charge in [-0.15, -0.1) is 0 Å². The van der Waals surface area contributed by atoms with Gasteiger partial charge in [0.05, 0.1) is 17.5 Å². The van der Waals surface area contributed by atoms with E-state index in [1.165, 1.54) is 0 Å². The van der Waals surface area contributed by atoms with Gasteiger partial charge in [-0.05, 0) is 23.8 Å². The summed E-state index contributed by atoms with van der Waals surface area (Å²) >= 11 is 0. The number of aromatic nitrogens is 1.